The molecule has 1 aromatic rings. The number of rotatable bonds is 8. The van der Waals surface area contributed by atoms with E-state index in [9.17, 15) is 14.4 Å². The summed E-state index contributed by atoms with van der Waals surface area (Å²) in [5.74, 6) is -0.363. The third-order valence-corrected chi connectivity index (χ3v) is 4.07. The van der Waals surface area contributed by atoms with Gasteiger partial charge in [0.15, 0.2) is 0 Å². The molecule has 2 N–H and O–H groups in total. The van der Waals surface area contributed by atoms with Gasteiger partial charge in [0.2, 0.25) is 5.91 Å². The maximum Gasteiger partial charge on any atom is 0.408 e. The average molecular weight is 451 g/mol. The first kappa shape index (κ1) is 27.3. The zero-order valence-corrected chi connectivity index (χ0v) is 20.8. The van der Waals surface area contributed by atoms with E-state index in [1.807, 2.05) is 32.0 Å². The second-order valence-electron chi connectivity index (χ2n) is 9.93. The summed E-state index contributed by atoms with van der Waals surface area (Å²) < 4.78 is 16.4. The first-order chi connectivity index (χ1) is 14.6. The fraction of sp³-hybridized carbons (Fsp3) is 0.625. The molecule has 0 radical (unpaired) electrons. The van der Waals surface area contributed by atoms with E-state index in [1.165, 1.54) is 0 Å². The Kier molecular flexibility index (Phi) is 9.54. The number of para-hydroxylation sites is 1. The molecule has 0 heterocycles. The number of alkyl carbamates (subject to hydrolysis) is 1. The fourth-order valence-electron chi connectivity index (χ4n) is 2.83. The Bertz CT molecular complexity index is 757. The minimum absolute atomic E-state index is 0.225. The van der Waals surface area contributed by atoms with Crippen LogP contribution < -0.4 is 15.4 Å². The van der Waals surface area contributed by atoms with Crippen LogP contribution in [-0.2, 0) is 19.1 Å². The number of carbonyl (C=O) groups is 3. The average Bonchev–Trinajstić information content (AvgIpc) is 2.57. The normalized spacial score (nSPS) is 13.5. The Morgan fingerprint density at radius 2 is 1.44 bits per heavy atom. The van der Waals surface area contributed by atoms with E-state index >= 15 is 0 Å². The molecule has 0 aliphatic carbocycles. The van der Waals surface area contributed by atoms with Crippen LogP contribution in [0.15, 0.2) is 18.2 Å². The first-order valence-electron chi connectivity index (χ1n) is 10.8. The van der Waals surface area contributed by atoms with Crippen LogP contribution in [0.2, 0.25) is 0 Å². The standard InChI is InChI=1S/C24H38N2O6/c1-15-11-10-12-16(2)20(15)30-14-17(3)25-21(28)18(13-19(27)31-23(4,5)6)26-22(29)32-24(7,8)9/h10-12,17-18H,13-14H2,1-9H3,(H,25,28)(H,26,29)/t17?,18-/m0/s1. The second-order valence-corrected chi connectivity index (χ2v) is 9.93. The van der Waals surface area contributed by atoms with Gasteiger partial charge in [0, 0.05) is 0 Å². The summed E-state index contributed by atoms with van der Waals surface area (Å²) in [5, 5.41) is 5.26. The lowest BCUT2D eigenvalue weighted by Gasteiger charge is -2.25. The lowest BCUT2D eigenvalue weighted by atomic mass is 10.1. The van der Waals surface area contributed by atoms with Crippen LogP contribution in [0.5, 0.6) is 5.75 Å². The summed E-state index contributed by atoms with van der Waals surface area (Å²) in [4.78, 5) is 37.4. The van der Waals surface area contributed by atoms with Crippen molar-refractivity contribution in [3.8, 4) is 5.75 Å². The molecule has 0 fully saturated rings. The number of ether oxygens (including phenoxy) is 3. The molecule has 8 nitrogen and oxygen atoms in total. The predicted molar refractivity (Wildman–Crippen MR) is 123 cm³/mol. The van der Waals surface area contributed by atoms with Gasteiger partial charge in [-0.25, -0.2) is 4.79 Å². The molecule has 0 saturated carbocycles. The molecular weight excluding hydrogens is 412 g/mol. The molecule has 0 spiro atoms. The van der Waals surface area contributed by atoms with Crippen molar-refractivity contribution in [1.29, 1.82) is 0 Å². The van der Waals surface area contributed by atoms with Gasteiger partial charge < -0.3 is 24.8 Å². The summed E-state index contributed by atoms with van der Waals surface area (Å²) in [6, 6.07) is 4.33. The van der Waals surface area contributed by atoms with Crippen LogP contribution in [-0.4, -0.2) is 47.9 Å². The topological polar surface area (TPSA) is 103 Å². The van der Waals surface area contributed by atoms with Crippen LogP contribution in [0, 0.1) is 13.8 Å². The van der Waals surface area contributed by atoms with Crippen molar-refractivity contribution in [2.24, 2.45) is 0 Å². The lowest BCUT2D eigenvalue weighted by Crippen LogP contribution is -2.52. The zero-order valence-electron chi connectivity index (χ0n) is 20.8. The van der Waals surface area contributed by atoms with E-state index in [0.717, 1.165) is 16.9 Å². The molecule has 0 aliphatic rings. The van der Waals surface area contributed by atoms with Crippen molar-refractivity contribution < 1.29 is 28.6 Å². The summed E-state index contributed by atoms with van der Waals surface area (Å²) in [7, 11) is 0. The number of carbonyl (C=O) groups excluding carboxylic acids is 3. The molecule has 180 valence electrons. The van der Waals surface area contributed by atoms with Gasteiger partial charge in [0.25, 0.3) is 0 Å². The smallest absolute Gasteiger partial charge is 0.408 e. The Morgan fingerprint density at radius 1 is 0.906 bits per heavy atom. The van der Waals surface area contributed by atoms with E-state index in [-0.39, 0.29) is 19.1 Å². The highest BCUT2D eigenvalue weighted by atomic mass is 16.6. The molecule has 0 aromatic heterocycles. The minimum atomic E-state index is -1.15. The summed E-state index contributed by atoms with van der Waals surface area (Å²) >= 11 is 0. The van der Waals surface area contributed by atoms with E-state index in [2.05, 4.69) is 10.6 Å². The summed E-state index contributed by atoms with van der Waals surface area (Å²) in [6.45, 7) is 16.2. The van der Waals surface area contributed by atoms with Crippen molar-refractivity contribution in [3.63, 3.8) is 0 Å². The van der Waals surface area contributed by atoms with Crippen LogP contribution >= 0.6 is 0 Å². The van der Waals surface area contributed by atoms with Gasteiger partial charge in [-0.2, -0.15) is 0 Å². The van der Waals surface area contributed by atoms with Gasteiger partial charge in [-0.15, -0.1) is 0 Å². The highest BCUT2D eigenvalue weighted by Crippen LogP contribution is 2.22. The number of amides is 2. The number of hydrogen-bond donors (Lipinski definition) is 2. The van der Waals surface area contributed by atoms with Crippen LogP contribution in [0.25, 0.3) is 0 Å². The van der Waals surface area contributed by atoms with Crippen LogP contribution in [0.4, 0.5) is 4.79 Å². The Morgan fingerprint density at radius 3 is 1.94 bits per heavy atom. The summed E-state index contributed by atoms with van der Waals surface area (Å²) in [5.41, 5.74) is 0.538. The summed E-state index contributed by atoms with van der Waals surface area (Å²) in [6.07, 6.45) is -1.12. The number of esters is 1. The molecule has 1 rings (SSSR count). The highest BCUT2D eigenvalue weighted by Gasteiger charge is 2.29. The van der Waals surface area contributed by atoms with E-state index in [0.29, 0.717) is 0 Å². The maximum atomic E-state index is 12.9. The van der Waals surface area contributed by atoms with Crippen molar-refractivity contribution in [2.45, 2.75) is 92.0 Å². The van der Waals surface area contributed by atoms with Gasteiger partial charge in [-0.3, -0.25) is 9.59 Å². The van der Waals surface area contributed by atoms with Gasteiger partial charge in [-0.05, 0) is 73.4 Å². The van der Waals surface area contributed by atoms with E-state index < -0.39 is 35.2 Å². The third kappa shape index (κ3) is 10.5. The largest absolute Gasteiger partial charge is 0.491 e. The molecule has 2 atom stereocenters. The zero-order chi connectivity index (χ0) is 24.7. The predicted octanol–water partition coefficient (Wildman–Crippen LogP) is 3.81. The Labute approximate surface area is 191 Å². The van der Waals surface area contributed by atoms with Crippen molar-refractivity contribution in [2.75, 3.05) is 6.61 Å². The quantitative estimate of drug-likeness (QED) is 0.584. The van der Waals surface area contributed by atoms with Gasteiger partial charge in [-0.1, -0.05) is 18.2 Å². The number of aryl methyl sites for hydroxylation is 2. The molecule has 0 aliphatic heterocycles. The molecule has 0 saturated heterocycles. The minimum Gasteiger partial charge on any atom is -0.491 e. The first-order valence-corrected chi connectivity index (χ1v) is 10.8. The molecule has 1 aromatic carbocycles. The number of nitrogens with one attached hydrogen (secondary N) is 2. The Hall–Kier alpha value is -2.77. The maximum absolute atomic E-state index is 12.9. The second kappa shape index (κ2) is 11.2. The highest BCUT2D eigenvalue weighted by molar-refractivity contribution is 5.89. The molecule has 0 bridgehead atoms. The molecule has 32 heavy (non-hydrogen) atoms. The SMILES string of the molecule is Cc1cccc(C)c1OCC(C)NC(=O)[C@H](CC(=O)OC(C)(C)C)NC(=O)OC(C)(C)C. The van der Waals surface area contributed by atoms with Gasteiger partial charge in [0.1, 0.15) is 29.6 Å². The third-order valence-electron chi connectivity index (χ3n) is 4.07. The number of benzene rings is 1. The van der Waals surface area contributed by atoms with Crippen molar-refractivity contribution >= 4 is 18.0 Å². The van der Waals surface area contributed by atoms with E-state index in [4.69, 9.17) is 14.2 Å². The van der Waals surface area contributed by atoms with Gasteiger partial charge >= 0.3 is 12.1 Å². The molecule has 1 unspecified atom stereocenters. The van der Waals surface area contributed by atoms with Crippen molar-refractivity contribution in [3.05, 3.63) is 29.3 Å². The van der Waals surface area contributed by atoms with Crippen LogP contribution in [0.1, 0.15) is 66.0 Å². The molecular formula is C24H38N2O6. The monoisotopic (exact) mass is 450 g/mol. The fourth-order valence-corrected chi connectivity index (χ4v) is 2.83. The Balaban J connectivity index is 2.81. The number of hydrogen-bond acceptors (Lipinski definition) is 6. The lowest BCUT2D eigenvalue weighted by molar-refractivity contribution is -0.156. The van der Waals surface area contributed by atoms with Crippen LogP contribution in [0.3, 0.4) is 0 Å². The van der Waals surface area contributed by atoms with E-state index in [1.54, 1.807) is 48.5 Å². The molecule has 8 heteroatoms. The van der Waals surface area contributed by atoms with Gasteiger partial charge in [0.05, 0.1) is 12.5 Å². The molecule has 2 amide bonds. The van der Waals surface area contributed by atoms with Crippen molar-refractivity contribution in [1.82, 2.24) is 10.6 Å².